The van der Waals surface area contributed by atoms with E-state index in [1.807, 2.05) is 6.07 Å². The van der Waals surface area contributed by atoms with Gasteiger partial charge in [0.1, 0.15) is 11.6 Å². The summed E-state index contributed by atoms with van der Waals surface area (Å²) in [7, 11) is 0. The predicted octanol–water partition coefficient (Wildman–Crippen LogP) is 5.70. The number of hydrogen-bond acceptors (Lipinski definition) is 1. The molecule has 0 saturated heterocycles. The number of alkyl halides is 1. The Bertz CT molecular complexity index is 751. The van der Waals surface area contributed by atoms with Gasteiger partial charge in [0.2, 0.25) is 0 Å². The van der Waals surface area contributed by atoms with Crippen molar-refractivity contribution in [2.24, 2.45) is 0 Å². The zero-order valence-electron chi connectivity index (χ0n) is 10.4. The standard InChI is InChI=1S/C16H11ClF2S/c17-13(7-10-3-1-2-4-14(10)19)16-8-11-5-6-12(18)9-15(11)20-16/h1-6,8-9,13H,7H2. The van der Waals surface area contributed by atoms with Crippen molar-refractivity contribution in [3.63, 3.8) is 0 Å². The molecule has 0 aliphatic heterocycles. The predicted molar refractivity (Wildman–Crippen MR) is 80.5 cm³/mol. The first-order chi connectivity index (χ1) is 9.63. The lowest BCUT2D eigenvalue weighted by Crippen LogP contribution is -1.96. The van der Waals surface area contributed by atoms with Crippen molar-refractivity contribution in [2.45, 2.75) is 11.8 Å². The topological polar surface area (TPSA) is 0 Å². The van der Waals surface area contributed by atoms with Crippen LogP contribution in [0.15, 0.2) is 48.5 Å². The Morgan fingerprint density at radius 1 is 1.05 bits per heavy atom. The molecule has 0 aliphatic carbocycles. The van der Waals surface area contributed by atoms with Crippen LogP contribution >= 0.6 is 22.9 Å². The zero-order chi connectivity index (χ0) is 14.1. The third-order valence-corrected chi connectivity index (χ3v) is 4.90. The third-order valence-electron chi connectivity index (χ3n) is 3.17. The maximum Gasteiger partial charge on any atom is 0.126 e. The summed E-state index contributed by atoms with van der Waals surface area (Å²) in [5.41, 5.74) is 0.594. The second kappa shape index (κ2) is 5.51. The van der Waals surface area contributed by atoms with E-state index in [2.05, 4.69) is 0 Å². The van der Waals surface area contributed by atoms with E-state index >= 15 is 0 Å². The SMILES string of the molecule is Fc1ccc2cc(C(Cl)Cc3ccccc3F)sc2c1. The van der Waals surface area contributed by atoms with Gasteiger partial charge in [-0.2, -0.15) is 0 Å². The number of halogens is 3. The number of thiophene rings is 1. The molecule has 0 radical (unpaired) electrons. The minimum Gasteiger partial charge on any atom is -0.207 e. The highest BCUT2D eigenvalue weighted by Gasteiger charge is 2.14. The normalized spacial score (nSPS) is 12.8. The molecule has 1 heterocycles. The van der Waals surface area contributed by atoms with E-state index in [0.717, 1.165) is 15.0 Å². The second-order valence-electron chi connectivity index (χ2n) is 4.59. The average Bonchev–Trinajstić information content (AvgIpc) is 2.84. The Kier molecular flexibility index (Phi) is 3.72. The molecule has 0 fully saturated rings. The summed E-state index contributed by atoms with van der Waals surface area (Å²) >= 11 is 7.82. The van der Waals surface area contributed by atoms with Crippen LogP contribution in [0.3, 0.4) is 0 Å². The van der Waals surface area contributed by atoms with Crippen molar-refractivity contribution in [3.8, 4) is 0 Å². The molecule has 0 N–H and O–H groups in total. The van der Waals surface area contributed by atoms with Crippen molar-refractivity contribution < 1.29 is 8.78 Å². The van der Waals surface area contributed by atoms with E-state index in [4.69, 9.17) is 11.6 Å². The molecule has 102 valence electrons. The van der Waals surface area contributed by atoms with Crippen LogP contribution in [0.4, 0.5) is 8.78 Å². The van der Waals surface area contributed by atoms with Gasteiger partial charge in [-0.1, -0.05) is 24.3 Å². The first-order valence-electron chi connectivity index (χ1n) is 6.20. The Morgan fingerprint density at radius 3 is 2.65 bits per heavy atom. The van der Waals surface area contributed by atoms with Gasteiger partial charge in [-0.15, -0.1) is 22.9 Å². The first-order valence-corrected chi connectivity index (χ1v) is 7.45. The number of rotatable bonds is 3. The summed E-state index contributed by atoms with van der Waals surface area (Å²) < 4.78 is 27.6. The van der Waals surface area contributed by atoms with Crippen molar-refractivity contribution >= 4 is 33.0 Å². The highest BCUT2D eigenvalue weighted by Crippen LogP contribution is 2.35. The van der Waals surface area contributed by atoms with E-state index in [1.165, 1.54) is 29.5 Å². The van der Waals surface area contributed by atoms with Crippen molar-refractivity contribution in [2.75, 3.05) is 0 Å². The fourth-order valence-corrected chi connectivity index (χ4v) is 3.57. The highest BCUT2D eigenvalue weighted by atomic mass is 35.5. The van der Waals surface area contributed by atoms with Gasteiger partial charge in [-0.25, -0.2) is 8.78 Å². The van der Waals surface area contributed by atoms with Crippen LogP contribution in [0.25, 0.3) is 10.1 Å². The molecule has 4 heteroatoms. The molecule has 0 spiro atoms. The monoisotopic (exact) mass is 308 g/mol. The van der Waals surface area contributed by atoms with Gasteiger partial charge in [0.05, 0.1) is 5.38 Å². The van der Waals surface area contributed by atoms with Crippen LogP contribution in [0, 0.1) is 11.6 Å². The lowest BCUT2D eigenvalue weighted by Gasteiger charge is -2.07. The van der Waals surface area contributed by atoms with Gasteiger partial charge in [0, 0.05) is 9.58 Å². The van der Waals surface area contributed by atoms with Crippen LogP contribution < -0.4 is 0 Å². The van der Waals surface area contributed by atoms with Crippen molar-refractivity contribution in [1.29, 1.82) is 0 Å². The quantitative estimate of drug-likeness (QED) is 0.544. The fraction of sp³-hybridized carbons (Fsp3) is 0.125. The molecule has 0 bridgehead atoms. The Balaban J connectivity index is 1.89. The summed E-state index contributed by atoms with van der Waals surface area (Å²) in [6.45, 7) is 0. The third kappa shape index (κ3) is 2.69. The summed E-state index contributed by atoms with van der Waals surface area (Å²) in [5.74, 6) is -0.503. The van der Waals surface area contributed by atoms with Crippen LogP contribution in [0.2, 0.25) is 0 Å². The average molecular weight is 309 g/mol. The van der Waals surface area contributed by atoms with Crippen molar-refractivity contribution in [1.82, 2.24) is 0 Å². The van der Waals surface area contributed by atoms with Crippen LogP contribution in [-0.4, -0.2) is 0 Å². The minimum atomic E-state index is -0.313. The van der Waals surface area contributed by atoms with Gasteiger partial charge >= 0.3 is 0 Å². The number of hydrogen-bond donors (Lipinski definition) is 0. The molecule has 0 nitrogen and oxygen atoms in total. The Labute approximate surface area is 124 Å². The fourth-order valence-electron chi connectivity index (χ4n) is 2.14. The molecule has 1 unspecified atom stereocenters. The Morgan fingerprint density at radius 2 is 1.85 bits per heavy atom. The van der Waals surface area contributed by atoms with Crippen LogP contribution in [0.5, 0.6) is 0 Å². The van der Waals surface area contributed by atoms with Crippen LogP contribution in [-0.2, 0) is 6.42 Å². The maximum absolute atomic E-state index is 13.6. The first kappa shape index (κ1) is 13.5. The Hall–Kier alpha value is -1.45. The molecule has 3 rings (SSSR count). The summed E-state index contributed by atoms with van der Waals surface area (Å²) in [6.07, 6.45) is 0.420. The summed E-state index contributed by atoms with van der Waals surface area (Å²) in [4.78, 5) is 0.926. The molecular formula is C16H11ClF2S. The van der Waals surface area contributed by atoms with Crippen molar-refractivity contribution in [3.05, 3.63) is 70.6 Å². The minimum absolute atomic E-state index is 0.245. The largest absolute Gasteiger partial charge is 0.207 e. The molecule has 0 amide bonds. The van der Waals surface area contributed by atoms with Gasteiger partial charge in [0.15, 0.2) is 0 Å². The van der Waals surface area contributed by atoms with Gasteiger partial charge in [-0.05, 0) is 41.6 Å². The summed E-state index contributed by atoms with van der Waals surface area (Å²) in [6, 6.07) is 13.2. The molecule has 2 aromatic carbocycles. The van der Waals surface area contributed by atoms with Gasteiger partial charge in [0.25, 0.3) is 0 Å². The van der Waals surface area contributed by atoms with E-state index in [0.29, 0.717) is 12.0 Å². The van der Waals surface area contributed by atoms with E-state index in [-0.39, 0.29) is 17.0 Å². The molecule has 20 heavy (non-hydrogen) atoms. The molecule has 3 aromatic rings. The van der Waals surface area contributed by atoms with Gasteiger partial charge < -0.3 is 0 Å². The smallest absolute Gasteiger partial charge is 0.126 e. The summed E-state index contributed by atoms with van der Waals surface area (Å²) in [5, 5.41) is 0.651. The van der Waals surface area contributed by atoms with E-state index < -0.39 is 0 Å². The highest BCUT2D eigenvalue weighted by molar-refractivity contribution is 7.19. The molecule has 1 aromatic heterocycles. The number of benzene rings is 2. The van der Waals surface area contributed by atoms with E-state index in [1.54, 1.807) is 24.3 Å². The lowest BCUT2D eigenvalue weighted by atomic mass is 10.1. The molecule has 1 atom stereocenters. The van der Waals surface area contributed by atoms with Crippen LogP contribution in [0.1, 0.15) is 15.8 Å². The number of fused-ring (bicyclic) bond motifs is 1. The van der Waals surface area contributed by atoms with E-state index in [9.17, 15) is 8.78 Å². The maximum atomic E-state index is 13.6. The lowest BCUT2D eigenvalue weighted by molar-refractivity contribution is 0.608. The molecular weight excluding hydrogens is 298 g/mol. The zero-order valence-corrected chi connectivity index (χ0v) is 12.0. The second-order valence-corrected chi connectivity index (χ2v) is 6.24. The molecule has 0 saturated carbocycles. The van der Waals surface area contributed by atoms with Gasteiger partial charge in [-0.3, -0.25) is 0 Å². The molecule has 0 aliphatic rings.